The monoisotopic (exact) mass is 228 g/mol. The number of ether oxygens (including phenoxy) is 1. The number of halogens is 2. The van der Waals surface area contributed by atoms with Gasteiger partial charge in [0.1, 0.15) is 23.5 Å². The van der Waals surface area contributed by atoms with Crippen molar-refractivity contribution in [2.45, 2.75) is 25.4 Å². The maximum atomic E-state index is 13.1. The molecule has 80 valence electrons. The van der Waals surface area contributed by atoms with E-state index in [0.717, 1.165) is 0 Å². The molecule has 1 fully saturated rings. The van der Waals surface area contributed by atoms with Crippen LogP contribution in [0.15, 0.2) is 18.2 Å². The van der Waals surface area contributed by atoms with Crippen LogP contribution in [0.1, 0.15) is 19.3 Å². The minimum absolute atomic E-state index is 0.0739. The standard InChI is InChI=1S/C11H10ClFO2/c12-10-4-3-9(6-11(10)13)15-8-2-1-7(14)5-8/h3-4,6,8H,1-2,5H2. The highest BCUT2D eigenvalue weighted by Gasteiger charge is 2.23. The van der Waals surface area contributed by atoms with Gasteiger partial charge >= 0.3 is 0 Å². The molecule has 1 unspecified atom stereocenters. The van der Waals surface area contributed by atoms with Gasteiger partial charge in [-0.2, -0.15) is 0 Å². The fourth-order valence-corrected chi connectivity index (χ4v) is 1.74. The smallest absolute Gasteiger partial charge is 0.145 e. The van der Waals surface area contributed by atoms with Crippen molar-refractivity contribution < 1.29 is 13.9 Å². The Balaban J connectivity index is 2.05. The third-order valence-electron chi connectivity index (χ3n) is 2.39. The summed E-state index contributed by atoms with van der Waals surface area (Å²) in [5, 5.41) is 0.0739. The molecular weight excluding hydrogens is 219 g/mol. The van der Waals surface area contributed by atoms with E-state index >= 15 is 0 Å². The number of rotatable bonds is 2. The highest BCUT2D eigenvalue weighted by atomic mass is 35.5. The van der Waals surface area contributed by atoms with Crippen molar-refractivity contribution in [1.29, 1.82) is 0 Å². The molecule has 1 aromatic rings. The van der Waals surface area contributed by atoms with Gasteiger partial charge in [0.2, 0.25) is 0 Å². The van der Waals surface area contributed by atoms with Gasteiger partial charge in [-0.25, -0.2) is 4.39 Å². The first-order chi connectivity index (χ1) is 7.15. The second-order valence-electron chi connectivity index (χ2n) is 3.60. The Bertz CT molecular complexity index is 392. The normalized spacial score (nSPS) is 20.7. The van der Waals surface area contributed by atoms with Gasteiger partial charge in [-0.1, -0.05) is 11.6 Å². The molecule has 4 heteroatoms. The summed E-state index contributed by atoms with van der Waals surface area (Å²) in [7, 11) is 0. The molecule has 1 aliphatic carbocycles. The van der Waals surface area contributed by atoms with Crippen LogP contribution in [0.3, 0.4) is 0 Å². The number of carbonyl (C=O) groups is 1. The van der Waals surface area contributed by atoms with E-state index in [4.69, 9.17) is 16.3 Å². The summed E-state index contributed by atoms with van der Waals surface area (Å²) in [4.78, 5) is 11.0. The lowest BCUT2D eigenvalue weighted by molar-refractivity contribution is -0.117. The number of benzene rings is 1. The van der Waals surface area contributed by atoms with Gasteiger partial charge in [0.15, 0.2) is 0 Å². The van der Waals surface area contributed by atoms with E-state index < -0.39 is 5.82 Å². The molecule has 0 spiro atoms. The zero-order valence-corrected chi connectivity index (χ0v) is 8.76. The Morgan fingerprint density at radius 1 is 1.47 bits per heavy atom. The van der Waals surface area contributed by atoms with E-state index in [0.29, 0.717) is 25.0 Å². The number of Topliss-reactive ketones (excluding diaryl/α,β-unsaturated/α-hetero) is 1. The van der Waals surface area contributed by atoms with Crippen LogP contribution in [0.4, 0.5) is 4.39 Å². The van der Waals surface area contributed by atoms with E-state index in [1.165, 1.54) is 12.1 Å². The summed E-state index contributed by atoms with van der Waals surface area (Å²) in [6, 6.07) is 4.29. The highest BCUT2D eigenvalue weighted by molar-refractivity contribution is 6.30. The predicted molar refractivity (Wildman–Crippen MR) is 54.7 cm³/mol. The lowest BCUT2D eigenvalue weighted by Gasteiger charge is -2.12. The van der Waals surface area contributed by atoms with E-state index in [1.54, 1.807) is 6.07 Å². The van der Waals surface area contributed by atoms with E-state index in [1.807, 2.05) is 0 Å². The summed E-state index contributed by atoms with van der Waals surface area (Å²) in [6.07, 6.45) is 1.58. The summed E-state index contributed by atoms with van der Waals surface area (Å²) >= 11 is 5.54. The van der Waals surface area contributed by atoms with E-state index in [-0.39, 0.29) is 16.9 Å². The molecule has 2 nitrogen and oxygen atoms in total. The number of hydrogen-bond acceptors (Lipinski definition) is 2. The van der Waals surface area contributed by atoms with Crippen molar-refractivity contribution in [2.75, 3.05) is 0 Å². The van der Waals surface area contributed by atoms with Crippen LogP contribution in [0.5, 0.6) is 5.75 Å². The average Bonchev–Trinajstić information content (AvgIpc) is 2.58. The van der Waals surface area contributed by atoms with Crippen LogP contribution in [-0.4, -0.2) is 11.9 Å². The molecule has 1 aromatic carbocycles. The van der Waals surface area contributed by atoms with Gasteiger partial charge in [-0.15, -0.1) is 0 Å². The molecule has 0 saturated heterocycles. The van der Waals surface area contributed by atoms with Crippen molar-refractivity contribution in [3.05, 3.63) is 29.0 Å². The van der Waals surface area contributed by atoms with Gasteiger partial charge in [0.05, 0.1) is 5.02 Å². The van der Waals surface area contributed by atoms with Crippen LogP contribution in [0.25, 0.3) is 0 Å². The fourth-order valence-electron chi connectivity index (χ4n) is 1.62. The summed E-state index contributed by atoms with van der Waals surface area (Å²) < 4.78 is 18.5. The van der Waals surface area contributed by atoms with Crippen molar-refractivity contribution in [3.63, 3.8) is 0 Å². The molecule has 0 N–H and O–H groups in total. The quantitative estimate of drug-likeness (QED) is 0.778. The highest BCUT2D eigenvalue weighted by Crippen LogP contribution is 2.25. The lowest BCUT2D eigenvalue weighted by Crippen LogP contribution is -2.12. The van der Waals surface area contributed by atoms with Crippen LogP contribution in [0.2, 0.25) is 5.02 Å². The van der Waals surface area contributed by atoms with Gasteiger partial charge in [-0.3, -0.25) is 4.79 Å². The zero-order chi connectivity index (χ0) is 10.8. The molecular formula is C11H10ClFO2. The molecule has 0 bridgehead atoms. The lowest BCUT2D eigenvalue weighted by atomic mass is 10.3. The Kier molecular flexibility index (Phi) is 2.91. The predicted octanol–water partition coefficient (Wildman–Crippen LogP) is 2.98. The topological polar surface area (TPSA) is 26.3 Å². The van der Waals surface area contributed by atoms with Crippen molar-refractivity contribution in [1.82, 2.24) is 0 Å². The fraction of sp³-hybridized carbons (Fsp3) is 0.364. The second-order valence-corrected chi connectivity index (χ2v) is 4.00. The minimum atomic E-state index is -0.501. The molecule has 0 radical (unpaired) electrons. The van der Waals surface area contributed by atoms with Crippen LogP contribution >= 0.6 is 11.6 Å². The summed E-state index contributed by atoms with van der Waals surface area (Å²) in [5.74, 6) is 0.129. The van der Waals surface area contributed by atoms with E-state index in [9.17, 15) is 9.18 Å². The first-order valence-electron chi connectivity index (χ1n) is 4.78. The summed E-state index contributed by atoms with van der Waals surface area (Å²) in [6.45, 7) is 0. The number of carbonyl (C=O) groups excluding carboxylic acids is 1. The minimum Gasteiger partial charge on any atom is -0.490 e. The van der Waals surface area contributed by atoms with Gasteiger partial charge in [0, 0.05) is 18.9 Å². The Hall–Kier alpha value is -1.09. The molecule has 0 amide bonds. The average molecular weight is 229 g/mol. The Labute approximate surface area is 92.0 Å². The SMILES string of the molecule is O=C1CCC(Oc2ccc(Cl)c(F)c2)C1. The molecule has 15 heavy (non-hydrogen) atoms. The zero-order valence-electron chi connectivity index (χ0n) is 8.00. The Morgan fingerprint density at radius 3 is 2.87 bits per heavy atom. The van der Waals surface area contributed by atoms with Gasteiger partial charge in [0.25, 0.3) is 0 Å². The van der Waals surface area contributed by atoms with Crippen LogP contribution in [0, 0.1) is 5.82 Å². The van der Waals surface area contributed by atoms with Crippen LogP contribution in [-0.2, 0) is 4.79 Å². The third-order valence-corrected chi connectivity index (χ3v) is 2.70. The van der Waals surface area contributed by atoms with E-state index in [2.05, 4.69) is 0 Å². The maximum absolute atomic E-state index is 13.1. The van der Waals surface area contributed by atoms with Gasteiger partial charge < -0.3 is 4.74 Å². The molecule has 0 heterocycles. The first-order valence-corrected chi connectivity index (χ1v) is 5.16. The molecule has 0 aromatic heterocycles. The maximum Gasteiger partial charge on any atom is 0.145 e. The molecule has 1 aliphatic rings. The molecule has 2 rings (SSSR count). The second kappa shape index (κ2) is 4.19. The van der Waals surface area contributed by atoms with Gasteiger partial charge in [-0.05, 0) is 18.6 Å². The van der Waals surface area contributed by atoms with Crippen molar-refractivity contribution in [2.24, 2.45) is 0 Å². The van der Waals surface area contributed by atoms with Crippen LogP contribution < -0.4 is 4.74 Å². The first kappa shape index (κ1) is 10.4. The van der Waals surface area contributed by atoms with Crippen molar-refractivity contribution >= 4 is 17.4 Å². The third kappa shape index (κ3) is 2.48. The number of hydrogen-bond donors (Lipinski definition) is 0. The number of ketones is 1. The summed E-state index contributed by atoms with van der Waals surface area (Å²) in [5.41, 5.74) is 0. The molecule has 0 aliphatic heterocycles. The van der Waals surface area contributed by atoms with Crippen molar-refractivity contribution in [3.8, 4) is 5.75 Å². The molecule has 1 saturated carbocycles. The molecule has 1 atom stereocenters. The largest absolute Gasteiger partial charge is 0.490 e. The Morgan fingerprint density at radius 2 is 2.27 bits per heavy atom.